The maximum atomic E-state index is 4.68. The summed E-state index contributed by atoms with van der Waals surface area (Å²) in [7, 11) is 1.81. The van der Waals surface area contributed by atoms with Gasteiger partial charge in [0.25, 0.3) is 0 Å². The Labute approximate surface area is 149 Å². The highest BCUT2D eigenvalue weighted by atomic mass is 32.1. The molecule has 0 fully saturated rings. The highest BCUT2D eigenvalue weighted by molar-refractivity contribution is 7.11. The zero-order valence-electron chi connectivity index (χ0n) is 15.4. The second-order valence-corrected chi connectivity index (χ2v) is 7.28. The topological polar surface area (TPSA) is 49.3 Å². The number of nitrogens with one attached hydrogen (secondary N) is 2. The average molecular weight is 345 g/mol. The highest BCUT2D eigenvalue weighted by Gasteiger charge is 2.06. The van der Waals surface area contributed by atoms with Crippen molar-refractivity contribution >= 4 is 17.3 Å². The van der Waals surface area contributed by atoms with Crippen LogP contribution in [0.2, 0.25) is 0 Å². The van der Waals surface area contributed by atoms with Crippen molar-refractivity contribution in [2.24, 2.45) is 4.99 Å². The molecule has 0 radical (unpaired) electrons. The standard InChI is InChI=1S/C19H28N4S/c1-6-17-15(4)24-18(23-17)9-10-21-19(20-5)22-12-16-8-7-13(2)11-14(16)3/h7-8,11H,6,9-10,12H2,1-5H3,(H2,20,21,22). The second kappa shape index (κ2) is 8.83. The molecule has 130 valence electrons. The van der Waals surface area contributed by atoms with E-state index in [4.69, 9.17) is 0 Å². The van der Waals surface area contributed by atoms with Crippen LogP contribution in [0.5, 0.6) is 0 Å². The quantitative estimate of drug-likeness (QED) is 0.622. The first-order valence-electron chi connectivity index (χ1n) is 8.49. The van der Waals surface area contributed by atoms with Crippen LogP contribution in [0, 0.1) is 20.8 Å². The van der Waals surface area contributed by atoms with Crippen LogP contribution < -0.4 is 10.6 Å². The Morgan fingerprint density at radius 2 is 2.00 bits per heavy atom. The Morgan fingerprint density at radius 3 is 2.62 bits per heavy atom. The SMILES string of the molecule is CCc1nc(CCNC(=NC)NCc2ccc(C)cc2C)sc1C. The lowest BCUT2D eigenvalue weighted by Crippen LogP contribution is -2.38. The maximum absolute atomic E-state index is 4.68. The van der Waals surface area contributed by atoms with Gasteiger partial charge in [0.05, 0.1) is 10.7 Å². The molecule has 24 heavy (non-hydrogen) atoms. The van der Waals surface area contributed by atoms with Gasteiger partial charge in [0, 0.05) is 31.4 Å². The van der Waals surface area contributed by atoms with Crippen LogP contribution in [0.1, 0.15) is 39.2 Å². The Morgan fingerprint density at radius 1 is 1.21 bits per heavy atom. The number of hydrogen-bond acceptors (Lipinski definition) is 3. The van der Waals surface area contributed by atoms with Crippen LogP contribution in [-0.4, -0.2) is 24.5 Å². The van der Waals surface area contributed by atoms with Gasteiger partial charge in [-0.15, -0.1) is 11.3 Å². The van der Waals surface area contributed by atoms with Gasteiger partial charge >= 0.3 is 0 Å². The van der Waals surface area contributed by atoms with Crippen molar-refractivity contribution in [3.63, 3.8) is 0 Å². The summed E-state index contributed by atoms with van der Waals surface area (Å²) in [5.74, 6) is 0.832. The molecule has 0 saturated carbocycles. The van der Waals surface area contributed by atoms with Crippen LogP contribution >= 0.6 is 11.3 Å². The summed E-state index contributed by atoms with van der Waals surface area (Å²) >= 11 is 1.80. The van der Waals surface area contributed by atoms with Gasteiger partial charge in [0.15, 0.2) is 5.96 Å². The third-order valence-corrected chi connectivity index (χ3v) is 5.14. The molecule has 2 N–H and O–H groups in total. The summed E-state index contributed by atoms with van der Waals surface area (Å²) in [4.78, 5) is 10.3. The Hall–Kier alpha value is -1.88. The van der Waals surface area contributed by atoms with Gasteiger partial charge in [-0.05, 0) is 38.3 Å². The fraction of sp³-hybridized carbons (Fsp3) is 0.474. The van der Waals surface area contributed by atoms with Crippen molar-refractivity contribution in [3.8, 4) is 0 Å². The van der Waals surface area contributed by atoms with E-state index in [2.05, 4.69) is 66.5 Å². The lowest BCUT2D eigenvalue weighted by Gasteiger charge is -2.13. The lowest BCUT2D eigenvalue weighted by molar-refractivity contribution is 0.787. The summed E-state index contributed by atoms with van der Waals surface area (Å²) in [5, 5.41) is 7.95. The molecule has 0 atom stereocenters. The van der Waals surface area contributed by atoms with Crippen molar-refractivity contribution in [2.45, 2.75) is 47.1 Å². The molecule has 0 aliphatic rings. The largest absolute Gasteiger partial charge is 0.356 e. The molecule has 0 spiro atoms. The van der Waals surface area contributed by atoms with Crippen molar-refractivity contribution in [2.75, 3.05) is 13.6 Å². The second-order valence-electron chi connectivity index (χ2n) is 6.00. The zero-order chi connectivity index (χ0) is 17.5. The third kappa shape index (κ3) is 5.06. The van der Waals surface area contributed by atoms with Crippen LogP contribution in [0.3, 0.4) is 0 Å². The van der Waals surface area contributed by atoms with Crippen molar-refractivity contribution < 1.29 is 0 Å². The minimum atomic E-state index is 0.780. The van der Waals surface area contributed by atoms with E-state index in [0.717, 1.165) is 31.9 Å². The summed E-state index contributed by atoms with van der Waals surface area (Å²) < 4.78 is 0. The number of aliphatic imine (C=N–C) groups is 1. The van der Waals surface area contributed by atoms with Gasteiger partial charge in [0.2, 0.25) is 0 Å². The number of guanidine groups is 1. The van der Waals surface area contributed by atoms with Crippen LogP contribution in [0.4, 0.5) is 0 Å². The number of benzene rings is 1. The molecule has 5 heteroatoms. The van der Waals surface area contributed by atoms with E-state index in [9.17, 15) is 0 Å². The number of aryl methyl sites for hydroxylation is 4. The van der Waals surface area contributed by atoms with Gasteiger partial charge in [-0.3, -0.25) is 4.99 Å². The van der Waals surface area contributed by atoms with Crippen LogP contribution in [0.25, 0.3) is 0 Å². The van der Waals surface area contributed by atoms with Crippen LogP contribution in [-0.2, 0) is 19.4 Å². The fourth-order valence-electron chi connectivity index (χ4n) is 2.65. The Balaban J connectivity index is 1.81. The molecule has 0 aliphatic heterocycles. The molecule has 0 bridgehead atoms. The normalized spacial score (nSPS) is 11.6. The number of aromatic nitrogens is 1. The Bertz CT molecular complexity index is 703. The molecular formula is C19H28N4S. The maximum Gasteiger partial charge on any atom is 0.191 e. The number of thiazole rings is 1. The first-order chi connectivity index (χ1) is 11.5. The molecule has 4 nitrogen and oxygen atoms in total. The van der Waals surface area contributed by atoms with Gasteiger partial charge < -0.3 is 10.6 Å². The highest BCUT2D eigenvalue weighted by Crippen LogP contribution is 2.18. The van der Waals surface area contributed by atoms with E-state index in [1.165, 1.54) is 32.3 Å². The first-order valence-corrected chi connectivity index (χ1v) is 9.31. The molecule has 0 unspecified atom stereocenters. The minimum Gasteiger partial charge on any atom is -0.356 e. The summed E-state index contributed by atoms with van der Waals surface area (Å²) in [6.45, 7) is 10.2. The van der Waals surface area contributed by atoms with Gasteiger partial charge in [-0.25, -0.2) is 4.98 Å². The number of nitrogens with zero attached hydrogens (tertiary/aromatic N) is 2. The smallest absolute Gasteiger partial charge is 0.191 e. The molecule has 1 heterocycles. The van der Waals surface area contributed by atoms with Crippen molar-refractivity contribution in [1.29, 1.82) is 0 Å². The molecule has 1 aromatic carbocycles. The predicted octanol–water partition coefficient (Wildman–Crippen LogP) is 3.54. The molecule has 0 aliphatic carbocycles. The first kappa shape index (κ1) is 18.5. The van der Waals surface area contributed by atoms with E-state index in [1.54, 1.807) is 18.4 Å². The lowest BCUT2D eigenvalue weighted by atomic mass is 10.1. The van der Waals surface area contributed by atoms with E-state index in [-0.39, 0.29) is 0 Å². The summed E-state index contributed by atoms with van der Waals surface area (Å²) in [6, 6.07) is 6.54. The van der Waals surface area contributed by atoms with E-state index in [1.807, 2.05) is 0 Å². The molecule has 1 aromatic heterocycles. The van der Waals surface area contributed by atoms with E-state index in [0.29, 0.717) is 0 Å². The molecule has 2 aromatic rings. The average Bonchev–Trinajstić information content (AvgIpc) is 2.92. The monoisotopic (exact) mass is 344 g/mol. The number of rotatable bonds is 6. The minimum absolute atomic E-state index is 0.780. The fourth-order valence-corrected chi connectivity index (χ4v) is 3.68. The molecule has 0 amide bonds. The van der Waals surface area contributed by atoms with E-state index >= 15 is 0 Å². The molecule has 0 saturated heterocycles. The predicted molar refractivity (Wildman–Crippen MR) is 104 cm³/mol. The Kier molecular flexibility index (Phi) is 6.79. The third-order valence-electron chi connectivity index (χ3n) is 4.07. The van der Waals surface area contributed by atoms with Gasteiger partial charge in [-0.1, -0.05) is 30.7 Å². The summed E-state index contributed by atoms with van der Waals surface area (Å²) in [5.41, 5.74) is 5.13. The van der Waals surface area contributed by atoms with Crippen molar-refractivity contribution in [3.05, 3.63) is 50.5 Å². The van der Waals surface area contributed by atoms with E-state index < -0.39 is 0 Å². The molecular weight excluding hydrogens is 316 g/mol. The van der Waals surface area contributed by atoms with Crippen LogP contribution in [0.15, 0.2) is 23.2 Å². The number of hydrogen-bond donors (Lipinski definition) is 2. The van der Waals surface area contributed by atoms with Crippen molar-refractivity contribution in [1.82, 2.24) is 15.6 Å². The summed E-state index contributed by atoms with van der Waals surface area (Å²) in [6.07, 6.45) is 1.94. The molecule has 2 rings (SSSR count). The van der Waals surface area contributed by atoms with Gasteiger partial charge in [0.1, 0.15) is 0 Å². The van der Waals surface area contributed by atoms with Gasteiger partial charge in [-0.2, -0.15) is 0 Å². The zero-order valence-corrected chi connectivity index (χ0v) is 16.2.